The van der Waals surface area contributed by atoms with E-state index in [1.54, 1.807) is 26.5 Å². The van der Waals surface area contributed by atoms with Crippen molar-refractivity contribution in [3.05, 3.63) is 54.5 Å². The lowest BCUT2D eigenvalue weighted by molar-refractivity contribution is 0.395. The number of allylic oxidation sites excluding steroid dienone is 1. The molecule has 0 aliphatic heterocycles. The standard InChI is InChI=1S/C19H18N4O2/c1-23-17-7-5-4-6-15(17)22-19(23)13(11-20)12-21-16-9-8-14(24-2)10-18(16)25-3/h4-10,12,21H,1-3H3. The Morgan fingerprint density at radius 2 is 2.00 bits per heavy atom. The second-order valence-electron chi connectivity index (χ2n) is 5.36. The van der Waals surface area contributed by atoms with E-state index in [4.69, 9.17) is 9.47 Å². The van der Waals surface area contributed by atoms with Gasteiger partial charge in [-0.3, -0.25) is 0 Å². The minimum atomic E-state index is 0.427. The Labute approximate surface area is 145 Å². The van der Waals surface area contributed by atoms with E-state index in [0.717, 1.165) is 16.7 Å². The van der Waals surface area contributed by atoms with Crippen LogP contribution in [0.2, 0.25) is 0 Å². The molecule has 0 radical (unpaired) electrons. The van der Waals surface area contributed by atoms with E-state index in [1.165, 1.54) is 0 Å². The van der Waals surface area contributed by atoms with E-state index < -0.39 is 0 Å². The lowest BCUT2D eigenvalue weighted by Gasteiger charge is -2.10. The summed E-state index contributed by atoms with van der Waals surface area (Å²) in [7, 11) is 5.07. The number of fused-ring (bicyclic) bond motifs is 1. The smallest absolute Gasteiger partial charge is 0.153 e. The highest BCUT2D eigenvalue weighted by molar-refractivity contribution is 5.84. The maximum absolute atomic E-state index is 9.55. The number of anilines is 1. The molecule has 0 saturated carbocycles. The first kappa shape index (κ1) is 16.4. The maximum atomic E-state index is 9.55. The summed E-state index contributed by atoms with van der Waals surface area (Å²) in [5, 5.41) is 12.7. The van der Waals surface area contributed by atoms with Gasteiger partial charge in [0.1, 0.15) is 23.1 Å². The van der Waals surface area contributed by atoms with E-state index in [0.29, 0.717) is 22.9 Å². The van der Waals surface area contributed by atoms with Crippen molar-refractivity contribution in [3.8, 4) is 17.6 Å². The Hall–Kier alpha value is -3.46. The Kier molecular flexibility index (Phi) is 4.57. The summed E-state index contributed by atoms with van der Waals surface area (Å²) >= 11 is 0. The van der Waals surface area contributed by atoms with E-state index in [2.05, 4.69) is 16.4 Å². The molecule has 0 fully saturated rings. The van der Waals surface area contributed by atoms with Crippen molar-refractivity contribution in [1.82, 2.24) is 9.55 Å². The van der Waals surface area contributed by atoms with Gasteiger partial charge in [-0.05, 0) is 24.3 Å². The highest BCUT2D eigenvalue weighted by Crippen LogP contribution is 2.29. The summed E-state index contributed by atoms with van der Waals surface area (Å²) in [4.78, 5) is 4.55. The molecule has 1 heterocycles. The first-order valence-electron chi connectivity index (χ1n) is 7.68. The molecule has 0 atom stereocenters. The van der Waals surface area contributed by atoms with Gasteiger partial charge in [0.25, 0.3) is 0 Å². The third-order valence-electron chi connectivity index (χ3n) is 3.93. The van der Waals surface area contributed by atoms with Gasteiger partial charge in [-0.2, -0.15) is 5.26 Å². The maximum Gasteiger partial charge on any atom is 0.153 e. The number of ether oxygens (including phenoxy) is 2. The summed E-state index contributed by atoms with van der Waals surface area (Å²) in [5.74, 6) is 1.92. The zero-order chi connectivity index (χ0) is 17.8. The summed E-state index contributed by atoms with van der Waals surface area (Å²) < 4.78 is 12.4. The van der Waals surface area contributed by atoms with Gasteiger partial charge in [-0.25, -0.2) is 4.98 Å². The van der Waals surface area contributed by atoms with Gasteiger partial charge in [0, 0.05) is 19.3 Å². The molecule has 3 rings (SSSR count). The van der Waals surface area contributed by atoms with E-state index in [9.17, 15) is 5.26 Å². The van der Waals surface area contributed by atoms with Gasteiger partial charge >= 0.3 is 0 Å². The van der Waals surface area contributed by atoms with Crippen LogP contribution in [0.15, 0.2) is 48.7 Å². The van der Waals surface area contributed by atoms with Crippen LogP contribution in [0, 0.1) is 11.3 Å². The number of hydrogen-bond acceptors (Lipinski definition) is 5. The number of aryl methyl sites for hydroxylation is 1. The Morgan fingerprint density at radius 3 is 2.68 bits per heavy atom. The molecule has 25 heavy (non-hydrogen) atoms. The van der Waals surface area contributed by atoms with Gasteiger partial charge < -0.3 is 19.4 Å². The molecule has 0 unspecified atom stereocenters. The topological polar surface area (TPSA) is 72.1 Å². The van der Waals surface area contributed by atoms with Crippen LogP contribution in [-0.2, 0) is 7.05 Å². The van der Waals surface area contributed by atoms with Gasteiger partial charge in [0.05, 0.1) is 30.9 Å². The fourth-order valence-electron chi connectivity index (χ4n) is 2.60. The third kappa shape index (κ3) is 3.12. The number of methoxy groups -OCH3 is 2. The lowest BCUT2D eigenvalue weighted by Crippen LogP contribution is -1.99. The van der Waals surface area contributed by atoms with Gasteiger partial charge in [0.2, 0.25) is 0 Å². The van der Waals surface area contributed by atoms with Crippen LogP contribution in [-0.4, -0.2) is 23.8 Å². The fraction of sp³-hybridized carbons (Fsp3) is 0.158. The molecule has 2 aromatic carbocycles. The monoisotopic (exact) mass is 334 g/mol. The fourth-order valence-corrected chi connectivity index (χ4v) is 2.60. The van der Waals surface area contributed by atoms with Crippen molar-refractivity contribution in [2.45, 2.75) is 0 Å². The highest BCUT2D eigenvalue weighted by atomic mass is 16.5. The first-order chi connectivity index (χ1) is 12.2. The zero-order valence-electron chi connectivity index (χ0n) is 14.3. The molecule has 0 saturated heterocycles. The zero-order valence-corrected chi connectivity index (χ0v) is 14.3. The summed E-state index contributed by atoms with van der Waals surface area (Å²) in [6.07, 6.45) is 1.63. The SMILES string of the molecule is COc1ccc(NC=C(C#N)c2nc3ccccc3n2C)c(OC)c1. The van der Waals surface area contributed by atoms with Crippen LogP contribution in [0.5, 0.6) is 11.5 Å². The number of rotatable bonds is 5. The van der Waals surface area contributed by atoms with Crippen molar-refractivity contribution >= 4 is 22.3 Å². The largest absolute Gasteiger partial charge is 0.497 e. The number of aromatic nitrogens is 2. The summed E-state index contributed by atoms with van der Waals surface area (Å²) in [6.45, 7) is 0. The number of nitriles is 1. The molecule has 126 valence electrons. The molecule has 0 aliphatic carbocycles. The van der Waals surface area contributed by atoms with Gasteiger partial charge in [-0.15, -0.1) is 0 Å². The number of benzene rings is 2. The lowest BCUT2D eigenvalue weighted by atomic mass is 10.2. The third-order valence-corrected chi connectivity index (χ3v) is 3.93. The molecule has 6 heteroatoms. The molecule has 0 bridgehead atoms. The van der Waals surface area contributed by atoms with Crippen molar-refractivity contribution in [1.29, 1.82) is 5.26 Å². The van der Waals surface area contributed by atoms with Gasteiger partial charge in [-0.1, -0.05) is 12.1 Å². The van der Waals surface area contributed by atoms with Crippen LogP contribution in [0.1, 0.15) is 5.82 Å². The van der Waals surface area contributed by atoms with Crippen molar-refractivity contribution in [2.24, 2.45) is 7.05 Å². The molecule has 0 amide bonds. The quantitative estimate of drug-likeness (QED) is 0.722. The summed E-state index contributed by atoms with van der Waals surface area (Å²) in [6, 6.07) is 15.4. The number of hydrogen-bond donors (Lipinski definition) is 1. The number of imidazole rings is 1. The molecular weight excluding hydrogens is 316 g/mol. The van der Waals surface area contributed by atoms with Crippen LogP contribution < -0.4 is 14.8 Å². The molecule has 0 spiro atoms. The highest BCUT2D eigenvalue weighted by Gasteiger charge is 2.12. The van der Waals surface area contributed by atoms with Crippen molar-refractivity contribution < 1.29 is 9.47 Å². The van der Waals surface area contributed by atoms with Crippen molar-refractivity contribution in [3.63, 3.8) is 0 Å². The Bertz CT molecular complexity index is 983. The predicted molar refractivity (Wildman–Crippen MR) is 97.5 cm³/mol. The number of nitrogens with zero attached hydrogens (tertiary/aromatic N) is 3. The Morgan fingerprint density at radius 1 is 1.20 bits per heavy atom. The second-order valence-corrected chi connectivity index (χ2v) is 5.36. The second kappa shape index (κ2) is 6.97. The number of nitrogens with one attached hydrogen (secondary N) is 1. The molecule has 0 aliphatic rings. The van der Waals surface area contributed by atoms with Crippen LogP contribution in [0.4, 0.5) is 5.69 Å². The average molecular weight is 334 g/mol. The van der Waals surface area contributed by atoms with Crippen molar-refractivity contribution in [2.75, 3.05) is 19.5 Å². The van der Waals surface area contributed by atoms with E-state index >= 15 is 0 Å². The van der Waals surface area contributed by atoms with Crippen LogP contribution in [0.3, 0.4) is 0 Å². The van der Waals surface area contributed by atoms with Gasteiger partial charge in [0.15, 0.2) is 5.82 Å². The predicted octanol–water partition coefficient (Wildman–Crippen LogP) is 3.57. The summed E-state index contributed by atoms with van der Waals surface area (Å²) in [5.41, 5.74) is 2.98. The minimum absolute atomic E-state index is 0.427. The van der Waals surface area contributed by atoms with Crippen LogP contribution >= 0.6 is 0 Å². The molecular formula is C19H18N4O2. The molecule has 6 nitrogen and oxygen atoms in total. The van der Waals surface area contributed by atoms with E-state index in [-0.39, 0.29) is 0 Å². The number of para-hydroxylation sites is 2. The normalized spacial score (nSPS) is 11.2. The molecule has 1 aromatic heterocycles. The molecule has 1 N–H and O–H groups in total. The average Bonchev–Trinajstić information content (AvgIpc) is 2.99. The molecule has 3 aromatic rings. The first-order valence-corrected chi connectivity index (χ1v) is 7.68. The minimum Gasteiger partial charge on any atom is -0.497 e. The van der Waals surface area contributed by atoms with Crippen LogP contribution in [0.25, 0.3) is 16.6 Å². The van der Waals surface area contributed by atoms with E-state index in [1.807, 2.05) is 48.0 Å². The Balaban J connectivity index is 1.96.